The average Bonchev–Trinajstić information content (AvgIpc) is 2.95. The van der Waals surface area contributed by atoms with Crippen molar-refractivity contribution in [1.29, 1.82) is 0 Å². The highest BCUT2D eigenvalue weighted by atomic mass is 16.5. The first-order valence-electron chi connectivity index (χ1n) is 14.8. The van der Waals surface area contributed by atoms with Crippen LogP contribution in [0.15, 0.2) is 54.6 Å². The van der Waals surface area contributed by atoms with Gasteiger partial charge in [0.15, 0.2) is 0 Å². The van der Waals surface area contributed by atoms with Crippen LogP contribution in [0, 0.1) is 11.8 Å². The Hall–Kier alpha value is -3.68. The van der Waals surface area contributed by atoms with Crippen LogP contribution in [-0.4, -0.2) is 47.9 Å². The fourth-order valence-electron chi connectivity index (χ4n) is 5.01. The van der Waals surface area contributed by atoms with Gasteiger partial charge in [-0.1, -0.05) is 95.1 Å². The Morgan fingerprint density at radius 2 is 1.49 bits per heavy atom. The molecule has 41 heavy (non-hydrogen) atoms. The number of carbonyl (C=O) groups is 4. The highest BCUT2D eigenvalue weighted by Gasteiger charge is 2.33. The molecule has 1 heterocycles. The number of esters is 1. The zero-order valence-corrected chi connectivity index (χ0v) is 24.9. The van der Waals surface area contributed by atoms with Gasteiger partial charge in [-0.25, -0.2) is 4.79 Å². The number of carbonyl (C=O) groups excluding carboxylic acids is 4. The number of unbranched alkanes of at least 4 members (excludes halogenated alkanes) is 1. The van der Waals surface area contributed by atoms with Crippen LogP contribution in [0.5, 0.6) is 0 Å². The molecule has 3 N–H and O–H groups in total. The third-order valence-electron chi connectivity index (χ3n) is 7.51. The largest absolute Gasteiger partial charge is 0.460 e. The van der Waals surface area contributed by atoms with Crippen LogP contribution in [-0.2, 0) is 30.3 Å². The lowest BCUT2D eigenvalue weighted by atomic mass is 9.94. The molecule has 1 fully saturated rings. The van der Waals surface area contributed by atoms with Gasteiger partial charge in [0.1, 0.15) is 24.2 Å². The molecule has 0 aromatic heterocycles. The summed E-state index contributed by atoms with van der Waals surface area (Å²) in [5.41, 5.74) is 2.99. The minimum Gasteiger partial charge on any atom is -0.460 e. The minimum absolute atomic E-state index is 0.0642. The highest BCUT2D eigenvalue weighted by molar-refractivity contribution is 5.94. The molecule has 2 aromatic carbocycles. The van der Waals surface area contributed by atoms with Crippen LogP contribution < -0.4 is 16.0 Å². The van der Waals surface area contributed by atoms with Gasteiger partial charge < -0.3 is 20.7 Å². The molecule has 3 amide bonds. The lowest BCUT2D eigenvalue weighted by molar-refractivity contribution is -0.157. The van der Waals surface area contributed by atoms with Crippen molar-refractivity contribution in [1.82, 2.24) is 16.0 Å². The summed E-state index contributed by atoms with van der Waals surface area (Å²) in [5.74, 6) is -1.82. The number of rotatable bonds is 9. The van der Waals surface area contributed by atoms with Gasteiger partial charge in [0.25, 0.3) is 0 Å². The number of nitrogens with one attached hydrogen (secondary N) is 3. The van der Waals surface area contributed by atoms with E-state index in [2.05, 4.69) is 22.9 Å². The van der Waals surface area contributed by atoms with Gasteiger partial charge in [-0.2, -0.15) is 0 Å². The van der Waals surface area contributed by atoms with Gasteiger partial charge in [-0.3, -0.25) is 14.4 Å². The summed E-state index contributed by atoms with van der Waals surface area (Å²) in [6, 6.07) is 15.1. The molecule has 3 rings (SSSR count). The fraction of sp³-hybridized carbons (Fsp3) is 0.515. The Bertz CT molecular complexity index is 1170. The van der Waals surface area contributed by atoms with Crippen molar-refractivity contribution in [3.05, 3.63) is 60.2 Å². The maximum Gasteiger partial charge on any atom is 0.328 e. The Kier molecular flexibility index (Phi) is 11.9. The molecule has 1 saturated heterocycles. The standard InChI is InChI=1S/C33H45N3O5/c1-6-7-11-22(4)29-20-30(37)35-27(19-24-14-16-26(17-15-24)25-12-9-8-10-13-25)32(39)34-23(5)31(38)36-28(18-21(2)3)33(40)41-29/h8-10,12-17,21-23,27-29H,6-7,11,18-20H2,1-5H3,(H,34,39)(H,35,37)(H,36,38)/t22-,23-,27+,28+,29+/m0/s1. The zero-order chi connectivity index (χ0) is 29.9. The fourth-order valence-corrected chi connectivity index (χ4v) is 5.01. The van der Waals surface area contributed by atoms with Gasteiger partial charge in [-0.05, 0) is 48.3 Å². The minimum atomic E-state index is -0.912. The average molecular weight is 564 g/mol. The van der Waals surface area contributed by atoms with Crippen molar-refractivity contribution in [3.63, 3.8) is 0 Å². The topological polar surface area (TPSA) is 114 Å². The van der Waals surface area contributed by atoms with Crippen LogP contribution in [0.1, 0.15) is 72.3 Å². The van der Waals surface area contributed by atoms with Gasteiger partial charge in [0.05, 0.1) is 6.42 Å². The van der Waals surface area contributed by atoms with Crippen LogP contribution >= 0.6 is 0 Å². The molecular weight excluding hydrogens is 518 g/mol. The highest BCUT2D eigenvalue weighted by Crippen LogP contribution is 2.22. The Morgan fingerprint density at radius 1 is 0.829 bits per heavy atom. The van der Waals surface area contributed by atoms with Crippen LogP contribution in [0.4, 0.5) is 0 Å². The van der Waals surface area contributed by atoms with E-state index in [1.165, 1.54) is 0 Å². The predicted octanol–water partition coefficient (Wildman–Crippen LogP) is 4.56. The lowest BCUT2D eigenvalue weighted by Gasteiger charge is -2.27. The molecule has 222 valence electrons. The van der Waals surface area contributed by atoms with Crippen LogP contribution in [0.25, 0.3) is 11.1 Å². The molecule has 8 nitrogen and oxygen atoms in total. The molecule has 0 radical (unpaired) electrons. The Balaban J connectivity index is 1.86. The molecule has 0 unspecified atom stereocenters. The summed E-state index contributed by atoms with van der Waals surface area (Å²) in [6.45, 7) is 9.53. The molecule has 0 spiro atoms. The maximum absolute atomic E-state index is 13.4. The molecule has 0 saturated carbocycles. The summed E-state index contributed by atoms with van der Waals surface area (Å²) in [5, 5.41) is 8.36. The van der Waals surface area contributed by atoms with Crippen molar-refractivity contribution in [2.45, 2.75) is 97.4 Å². The summed E-state index contributed by atoms with van der Waals surface area (Å²) in [4.78, 5) is 53.0. The van der Waals surface area contributed by atoms with E-state index in [1.54, 1.807) is 6.92 Å². The molecule has 1 aliphatic rings. The molecule has 2 aromatic rings. The van der Waals surface area contributed by atoms with Gasteiger partial charge in [0, 0.05) is 6.42 Å². The number of cyclic esters (lactones) is 1. The molecular formula is C33H45N3O5. The molecule has 0 aliphatic carbocycles. The van der Waals surface area contributed by atoms with Gasteiger partial charge in [0.2, 0.25) is 17.7 Å². The van der Waals surface area contributed by atoms with E-state index in [0.29, 0.717) is 6.42 Å². The summed E-state index contributed by atoms with van der Waals surface area (Å²) in [6.07, 6.45) is 2.59. The summed E-state index contributed by atoms with van der Waals surface area (Å²) in [7, 11) is 0. The van der Waals surface area contributed by atoms with E-state index in [4.69, 9.17) is 4.74 Å². The monoisotopic (exact) mass is 563 g/mol. The first kappa shape index (κ1) is 31.8. The Labute approximate surface area is 244 Å². The van der Waals surface area contributed by atoms with E-state index in [-0.39, 0.29) is 30.6 Å². The number of hydrogen-bond acceptors (Lipinski definition) is 5. The van der Waals surface area contributed by atoms with Crippen molar-refractivity contribution in [2.24, 2.45) is 11.8 Å². The van der Waals surface area contributed by atoms with E-state index in [1.807, 2.05) is 75.4 Å². The zero-order valence-electron chi connectivity index (χ0n) is 24.9. The summed E-state index contributed by atoms with van der Waals surface area (Å²) < 4.78 is 5.91. The molecule has 1 aliphatic heterocycles. The van der Waals surface area contributed by atoms with Crippen molar-refractivity contribution in [3.8, 4) is 11.1 Å². The third kappa shape index (κ3) is 9.73. The second-order valence-electron chi connectivity index (χ2n) is 11.6. The maximum atomic E-state index is 13.4. The van der Waals surface area contributed by atoms with E-state index < -0.39 is 42.0 Å². The molecule has 5 atom stereocenters. The smallest absolute Gasteiger partial charge is 0.328 e. The van der Waals surface area contributed by atoms with E-state index in [9.17, 15) is 19.2 Å². The van der Waals surface area contributed by atoms with E-state index in [0.717, 1.165) is 36.0 Å². The van der Waals surface area contributed by atoms with E-state index >= 15 is 0 Å². The SMILES string of the molecule is CCCC[C@H](C)[C@H]1CC(=O)N[C@H](Cc2ccc(-c3ccccc3)cc2)C(=O)N[C@@H](C)C(=O)N[C@H](CC(C)C)C(=O)O1. The predicted molar refractivity (Wildman–Crippen MR) is 160 cm³/mol. The summed E-state index contributed by atoms with van der Waals surface area (Å²) >= 11 is 0. The number of hydrogen-bond donors (Lipinski definition) is 3. The second-order valence-corrected chi connectivity index (χ2v) is 11.6. The molecule has 0 bridgehead atoms. The lowest BCUT2D eigenvalue weighted by Crippen LogP contribution is -2.55. The molecule has 8 heteroatoms. The quantitative estimate of drug-likeness (QED) is 0.387. The van der Waals surface area contributed by atoms with Gasteiger partial charge in [-0.15, -0.1) is 0 Å². The van der Waals surface area contributed by atoms with Crippen LogP contribution in [0.3, 0.4) is 0 Å². The number of benzene rings is 2. The van der Waals surface area contributed by atoms with Crippen molar-refractivity contribution < 1.29 is 23.9 Å². The van der Waals surface area contributed by atoms with Crippen molar-refractivity contribution >= 4 is 23.7 Å². The van der Waals surface area contributed by atoms with Crippen LogP contribution in [0.2, 0.25) is 0 Å². The first-order chi connectivity index (χ1) is 19.6. The number of ether oxygens (including phenoxy) is 1. The first-order valence-corrected chi connectivity index (χ1v) is 14.8. The third-order valence-corrected chi connectivity index (χ3v) is 7.51. The van der Waals surface area contributed by atoms with Crippen molar-refractivity contribution in [2.75, 3.05) is 0 Å². The normalized spacial score (nSPS) is 23.3. The van der Waals surface area contributed by atoms with Gasteiger partial charge >= 0.3 is 5.97 Å². The number of amides is 3. The second kappa shape index (κ2) is 15.4. The Morgan fingerprint density at radius 3 is 2.12 bits per heavy atom.